The van der Waals surface area contributed by atoms with Gasteiger partial charge in [-0.05, 0) is 25.0 Å². The second-order valence-corrected chi connectivity index (χ2v) is 3.84. The van der Waals surface area contributed by atoms with E-state index >= 15 is 0 Å². The van der Waals surface area contributed by atoms with Gasteiger partial charge in [0.2, 0.25) is 11.7 Å². The molecule has 5 heteroatoms. The maximum atomic E-state index is 11.5. The summed E-state index contributed by atoms with van der Waals surface area (Å²) in [6, 6.07) is 3.51. The maximum absolute atomic E-state index is 11.5. The fraction of sp³-hybridized carbons (Fsp3) is 0.364. The van der Waals surface area contributed by atoms with Gasteiger partial charge in [-0.3, -0.25) is 4.79 Å². The van der Waals surface area contributed by atoms with Crippen LogP contribution in [0.1, 0.15) is 31.1 Å². The van der Waals surface area contributed by atoms with Crippen LogP contribution < -0.4 is 0 Å². The molecule has 1 aliphatic carbocycles. The molecule has 2 aromatic heterocycles. The van der Waals surface area contributed by atoms with E-state index in [1.807, 2.05) is 0 Å². The lowest BCUT2D eigenvalue weighted by Crippen LogP contribution is -2.04. The van der Waals surface area contributed by atoms with Crippen molar-refractivity contribution in [3.8, 4) is 11.6 Å². The van der Waals surface area contributed by atoms with E-state index in [0.29, 0.717) is 23.9 Å². The number of furan rings is 1. The summed E-state index contributed by atoms with van der Waals surface area (Å²) in [5.41, 5.74) is 0. The molecule has 0 aromatic carbocycles. The quantitative estimate of drug-likeness (QED) is 0.772. The minimum absolute atomic E-state index is 0.189. The highest BCUT2D eigenvalue weighted by Crippen LogP contribution is 2.31. The van der Waals surface area contributed by atoms with Gasteiger partial charge in [0.05, 0.1) is 12.2 Å². The van der Waals surface area contributed by atoms with Crippen LogP contribution in [0, 0.1) is 0 Å². The van der Waals surface area contributed by atoms with Crippen LogP contribution >= 0.6 is 0 Å². The largest absolute Gasteiger partial charge is 0.461 e. The first-order chi connectivity index (χ1) is 7.84. The van der Waals surface area contributed by atoms with Crippen LogP contribution in [-0.2, 0) is 4.79 Å². The molecule has 1 saturated carbocycles. The Kier molecular flexibility index (Phi) is 2.09. The van der Waals surface area contributed by atoms with Crippen LogP contribution in [-0.4, -0.2) is 15.9 Å². The lowest BCUT2D eigenvalue weighted by Gasteiger charge is -1.98. The molecule has 1 atom stereocenters. The van der Waals surface area contributed by atoms with Crippen molar-refractivity contribution < 1.29 is 13.7 Å². The molecule has 0 radical (unpaired) electrons. The Labute approximate surface area is 91.4 Å². The van der Waals surface area contributed by atoms with Crippen LogP contribution in [0.2, 0.25) is 0 Å². The molecule has 3 rings (SSSR count). The van der Waals surface area contributed by atoms with E-state index in [9.17, 15) is 4.79 Å². The number of rotatable bonds is 2. The van der Waals surface area contributed by atoms with Crippen LogP contribution in [0.25, 0.3) is 11.6 Å². The van der Waals surface area contributed by atoms with Gasteiger partial charge in [0.1, 0.15) is 5.78 Å². The summed E-state index contributed by atoms with van der Waals surface area (Å²) in [7, 11) is 0. The lowest BCUT2D eigenvalue weighted by atomic mass is 10.1. The van der Waals surface area contributed by atoms with Crippen molar-refractivity contribution in [2.24, 2.45) is 0 Å². The van der Waals surface area contributed by atoms with E-state index in [-0.39, 0.29) is 11.7 Å². The van der Waals surface area contributed by atoms with Gasteiger partial charge in [-0.1, -0.05) is 5.16 Å². The molecular weight excluding hydrogens is 208 g/mol. The smallest absolute Gasteiger partial charge is 0.238 e. The predicted octanol–water partition coefficient (Wildman–Crippen LogP) is 2.17. The zero-order chi connectivity index (χ0) is 11.0. The molecule has 0 N–H and O–H groups in total. The average Bonchev–Trinajstić information content (AvgIpc) is 2.96. The number of aromatic nitrogens is 2. The molecule has 0 amide bonds. The normalized spacial score (nSPS) is 20.5. The molecule has 0 aliphatic heterocycles. The predicted molar refractivity (Wildman–Crippen MR) is 53.6 cm³/mol. The summed E-state index contributed by atoms with van der Waals surface area (Å²) in [5, 5.41) is 3.81. The lowest BCUT2D eigenvalue weighted by molar-refractivity contribution is -0.119. The highest BCUT2D eigenvalue weighted by atomic mass is 16.5. The van der Waals surface area contributed by atoms with Gasteiger partial charge >= 0.3 is 0 Å². The molecule has 0 bridgehead atoms. The number of hydrogen-bond acceptors (Lipinski definition) is 5. The summed E-state index contributed by atoms with van der Waals surface area (Å²) >= 11 is 0. The van der Waals surface area contributed by atoms with Crippen molar-refractivity contribution in [2.45, 2.75) is 25.2 Å². The summed E-state index contributed by atoms with van der Waals surface area (Å²) in [6.45, 7) is 0. The van der Waals surface area contributed by atoms with Gasteiger partial charge in [-0.2, -0.15) is 4.98 Å². The van der Waals surface area contributed by atoms with E-state index in [1.165, 1.54) is 0 Å². The Balaban J connectivity index is 1.91. The topological polar surface area (TPSA) is 69.1 Å². The third kappa shape index (κ3) is 1.44. The van der Waals surface area contributed by atoms with Gasteiger partial charge < -0.3 is 8.94 Å². The Morgan fingerprint density at radius 1 is 1.44 bits per heavy atom. The van der Waals surface area contributed by atoms with Crippen LogP contribution in [0.15, 0.2) is 27.3 Å². The second-order valence-electron chi connectivity index (χ2n) is 3.84. The molecule has 5 nitrogen and oxygen atoms in total. The Hall–Kier alpha value is -1.91. The molecule has 1 aliphatic rings. The molecule has 1 unspecified atom stereocenters. The molecule has 0 saturated heterocycles. The minimum atomic E-state index is -0.212. The molecule has 2 aromatic rings. The average molecular weight is 218 g/mol. The first-order valence-corrected chi connectivity index (χ1v) is 5.25. The van der Waals surface area contributed by atoms with Crippen LogP contribution in [0.4, 0.5) is 0 Å². The Morgan fingerprint density at radius 3 is 3.06 bits per heavy atom. The van der Waals surface area contributed by atoms with Crippen LogP contribution in [0.5, 0.6) is 0 Å². The fourth-order valence-corrected chi connectivity index (χ4v) is 1.96. The van der Waals surface area contributed by atoms with Gasteiger partial charge in [0.25, 0.3) is 0 Å². The van der Waals surface area contributed by atoms with Crippen molar-refractivity contribution in [1.29, 1.82) is 0 Å². The minimum Gasteiger partial charge on any atom is -0.461 e. The third-order valence-electron chi connectivity index (χ3n) is 2.79. The number of Topliss-reactive ketones (excluding diaryl/α,β-unsaturated/α-hetero) is 1. The SMILES string of the molecule is O=C1CCCC1c1nc(-c2ccco2)no1. The van der Waals surface area contributed by atoms with E-state index in [2.05, 4.69) is 10.1 Å². The molecule has 1 fully saturated rings. The van der Waals surface area contributed by atoms with Gasteiger partial charge in [0, 0.05) is 6.42 Å². The van der Waals surface area contributed by atoms with E-state index in [4.69, 9.17) is 8.94 Å². The van der Waals surface area contributed by atoms with Crippen molar-refractivity contribution in [1.82, 2.24) is 10.1 Å². The Morgan fingerprint density at radius 2 is 2.38 bits per heavy atom. The zero-order valence-electron chi connectivity index (χ0n) is 8.55. The standard InChI is InChI=1S/C11H10N2O3/c14-8-4-1-3-7(8)11-12-10(13-16-11)9-5-2-6-15-9/h2,5-7H,1,3-4H2. The monoisotopic (exact) mass is 218 g/mol. The van der Waals surface area contributed by atoms with Crippen LogP contribution in [0.3, 0.4) is 0 Å². The number of carbonyl (C=O) groups is 1. The molecule has 16 heavy (non-hydrogen) atoms. The first kappa shape index (κ1) is 9.33. The molecule has 2 heterocycles. The van der Waals surface area contributed by atoms with Gasteiger partial charge in [0.15, 0.2) is 5.76 Å². The molecule has 82 valence electrons. The highest BCUT2D eigenvalue weighted by Gasteiger charge is 2.31. The Bertz CT molecular complexity index is 501. The van der Waals surface area contributed by atoms with Crippen molar-refractivity contribution in [3.05, 3.63) is 24.3 Å². The number of nitrogens with zero attached hydrogens (tertiary/aromatic N) is 2. The van der Waals surface area contributed by atoms with Crippen molar-refractivity contribution in [2.75, 3.05) is 0 Å². The van der Waals surface area contributed by atoms with E-state index in [0.717, 1.165) is 12.8 Å². The molecular formula is C11H10N2O3. The van der Waals surface area contributed by atoms with Crippen molar-refractivity contribution >= 4 is 5.78 Å². The summed E-state index contributed by atoms with van der Waals surface area (Å²) in [4.78, 5) is 15.7. The summed E-state index contributed by atoms with van der Waals surface area (Å²) < 4.78 is 10.3. The highest BCUT2D eigenvalue weighted by molar-refractivity contribution is 5.86. The molecule has 0 spiro atoms. The number of carbonyl (C=O) groups excluding carboxylic acids is 1. The summed E-state index contributed by atoms with van der Waals surface area (Å²) in [6.07, 6.45) is 3.87. The number of hydrogen-bond donors (Lipinski definition) is 0. The number of ketones is 1. The summed E-state index contributed by atoms with van der Waals surface area (Å²) in [5.74, 6) is 1.35. The fourth-order valence-electron chi connectivity index (χ4n) is 1.96. The third-order valence-corrected chi connectivity index (χ3v) is 2.79. The maximum Gasteiger partial charge on any atom is 0.238 e. The zero-order valence-corrected chi connectivity index (χ0v) is 8.55. The van der Waals surface area contributed by atoms with E-state index < -0.39 is 0 Å². The van der Waals surface area contributed by atoms with E-state index in [1.54, 1.807) is 18.4 Å². The van der Waals surface area contributed by atoms with Gasteiger partial charge in [-0.25, -0.2) is 0 Å². The van der Waals surface area contributed by atoms with Gasteiger partial charge in [-0.15, -0.1) is 0 Å². The van der Waals surface area contributed by atoms with Crippen molar-refractivity contribution in [3.63, 3.8) is 0 Å². The second kappa shape index (κ2) is 3.59. The first-order valence-electron chi connectivity index (χ1n) is 5.25.